The topological polar surface area (TPSA) is 102 Å². The van der Waals surface area contributed by atoms with Crippen molar-refractivity contribution in [3.63, 3.8) is 0 Å². The van der Waals surface area contributed by atoms with E-state index in [-0.39, 0.29) is 16.5 Å². The molecule has 0 spiro atoms. The van der Waals surface area contributed by atoms with E-state index in [0.29, 0.717) is 27.4 Å². The number of nitrogens with one attached hydrogen (secondary N) is 2. The lowest BCUT2D eigenvalue weighted by molar-refractivity contribution is -0.117. The highest BCUT2D eigenvalue weighted by Crippen LogP contribution is 2.28. The molecule has 1 aromatic heterocycles. The molecule has 0 unspecified atom stereocenters. The number of rotatable bonds is 5. The Balaban J connectivity index is 2.16. The molecule has 1 heterocycles. The van der Waals surface area contributed by atoms with Crippen molar-refractivity contribution < 1.29 is 14.3 Å². The lowest BCUT2D eigenvalue weighted by Crippen LogP contribution is -2.38. The van der Waals surface area contributed by atoms with Gasteiger partial charge in [0.25, 0.3) is 5.56 Å². The van der Waals surface area contributed by atoms with Crippen LogP contribution in [0.4, 0.5) is 4.79 Å². The smallest absolute Gasteiger partial charge is 0.321 e. The van der Waals surface area contributed by atoms with Crippen LogP contribution in [-0.2, 0) is 4.79 Å². The van der Waals surface area contributed by atoms with Crippen LogP contribution in [0.3, 0.4) is 0 Å². The van der Waals surface area contributed by atoms with Gasteiger partial charge in [0.15, 0.2) is 5.16 Å². The second-order valence-electron chi connectivity index (χ2n) is 6.29. The first-order valence-corrected chi connectivity index (χ1v) is 10.2. The van der Waals surface area contributed by atoms with Gasteiger partial charge in [0.2, 0.25) is 5.91 Å². The van der Waals surface area contributed by atoms with Crippen LogP contribution in [0, 0.1) is 6.92 Å². The summed E-state index contributed by atoms with van der Waals surface area (Å²) in [6, 6.07) is 9.63. The van der Waals surface area contributed by atoms with Gasteiger partial charge in [-0.15, -0.1) is 0 Å². The number of methoxy groups -OCH3 is 1. The Hall–Kier alpha value is -3.04. The van der Waals surface area contributed by atoms with Gasteiger partial charge in [-0.3, -0.25) is 19.5 Å². The van der Waals surface area contributed by atoms with Gasteiger partial charge in [0, 0.05) is 12.1 Å². The van der Waals surface area contributed by atoms with Crippen LogP contribution in [-0.4, -0.2) is 41.4 Å². The Morgan fingerprint density at radius 1 is 1.23 bits per heavy atom. The van der Waals surface area contributed by atoms with E-state index in [0.717, 1.165) is 17.3 Å². The number of aryl methyl sites for hydroxylation is 1. The Bertz CT molecular complexity index is 1200. The first-order valence-electron chi connectivity index (χ1n) is 8.85. The summed E-state index contributed by atoms with van der Waals surface area (Å²) in [7, 11) is 2.92. The summed E-state index contributed by atoms with van der Waals surface area (Å²) in [6.45, 7) is 1.89. The quantitative estimate of drug-likeness (QED) is 0.461. The predicted octanol–water partition coefficient (Wildman–Crippen LogP) is 2.90. The summed E-state index contributed by atoms with van der Waals surface area (Å²) >= 11 is 7.09. The zero-order valence-electron chi connectivity index (χ0n) is 16.5. The van der Waals surface area contributed by atoms with Crippen molar-refractivity contribution in [2.24, 2.45) is 0 Å². The number of ether oxygens (including phenoxy) is 1. The standard InChI is InChI=1S/C20H19ClN4O4S/c1-11-4-7-16(29-3)15(8-11)25-18(27)13-6-5-12(21)9-14(13)23-20(25)30-10-17(26)24-19(28)22-2/h4-9H,10H2,1-3H3,(H2,22,24,26,28). The SMILES string of the molecule is CNC(=O)NC(=O)CSc1nc2cc(Cl)ccc2c(=O)n1-c1cc(C)ccc1OC. The van der Waals surface area contributed by atoms with Gasteiger partial charge in [-0.1, -0.05) is 29.4 Å². The fourth-order valence-corrected chi connectivity index (χ4v) is 3.75. The molecule has 10 heteroatoms. The van der Waals surface area contributed by atoms with Crippen molar-refractivity contribution in [3.05, 3.63) is 57.3 Å². The van der Waals surface area contributed by atoms with Gasteiger partial charge < -0.3 is 10.1 Å². The van der Waals surface area contributed by atoms with Crippen LogP contribution in [0.25, 0.3) is 16.6 Å². The molecular weight excluding hydrogens is 428 g/mol. The summed E-state index contributed by atoms with van der Waals surface area (Å²) < 4.78 is 6.84. The fourth-order valence-electron chi connectivity index (χ4n) is 2.78. The number of hydrogen-bond donors (Lipinski definition) is 2. The van der Waals surface area contributed by atoms with E-state index in [9.17, 15) is 14.4 Å². The number of nitrogens with zero attached hydrogens (tertiary/aromatic N) is 2. The van der Waals surface area contributed by atoms with Crippen molar-refractivity contribution in [1.82, 2.24) is 20.2 Å². The Labute approximate surface area is 181 Å². The van der Waals surface area contributed by atoms with Crippen molar-refractivity contribution in [2.45, 2.75) is 12.1 Å². The van der Waals surface area contributed by atoms with E-state index >= 15 is 0 Å². The van der Waals surface area contributed by atoms with E-state index in [4.69, 9.17) is 16.3 Å². The number of thioether (sulfide) groups is 1. The number of fused-ring (bicyclic) bond motifs is 1. The molecule has 0 aliphatic carbocycles. The van der Waals surface area contributed by atoms with Gasteiger partial charge in [-0.05, 0) is 42.8 Å². The van der Waals surface area contributed by atoms with Crippen LogP contribution >= 0.6 is 23.4 Å². The van der Waals surface area contributed by atoms with Gasteiger partial charge >= 0.3 is 6.03 Å². The van der Waals surface area contributed by atoms with E-state index in [1.165, 1.54) is 18.7 Å². The van der Waals surface area contributed by atoms with Crippen molar-refractivity contribution in [3.8, 4) is 11.4 Å². The Kier molecular flexibility index (Phi) is 6.63. The van der Waals surface area contributed by atoms with Crippen LogP contribution in [0.15, 0.2) is 46.3 Å². The molecule has 0 fully saturated rings. The lowest BCUT2D eigenvalue weighted by atomic mass is 10.2. The number of carbonyl (C=O) groups excluding carboxylic acids is 2. The van der Waals surface area contributed by atoms with E-state index in [2.05, 4.69) is 15.6 Å². The summed E-state index contributed by atoms with van der Waals surface area (Å²) in [4.78, 5) is 41.3. The molecule has 0 aliphatic rings. The number of imide groups is 1. The Morgan fingerprint density at radius 2 is 2.00 bits per heavy atom. The highest BCUT2D eigenvalue weighted by Gasteiger charge is 2.18. The third kappa shape index (κ3) is 4.58. The molecule has 8 nitrogen and oxygen atoms in total. The molecule has 156 valence electrons. The zero-order valence-corrected chi connectivity index (χ0v) is 18.1. The van der Waals surface area contributed by atoms with E-state index in [1.54, 1.807) is 30.3 Å². The van der Waals surface area contributed by atoms with Crippen LogP contribution in [0.5, 0.6) is 5.75 Å². The summed E-state index contributed by atoms with van der Waals surface area (Å²) in [6.07, 6.45) is 0. The third-order valence-corrected chi connectivity index (χ3v) is 5.36. The largest absolute Gasteiger partial charge is 0.495 e. The second kappa shape index (κ2) is 9.19. The maximum Gasteiger partial charge on any atom is 0.321 e. The molecule has 0 atom stereocenters. The molecule has 2 N–H and O–H groups in total. The first kappa shape index (κ1) is 21.7. The molecule has 2 aromatic carbocycles. The average molecular weight is 447 g/mol. The highest BCUT2D eigenvalue weighted by molar-refractivity contribution is 7.99. The third-order valence-electron chi connectivity index (χ3n) is 4.19. The normalized spacial score (nSPS) is 10.7. The maximum atomic E-state index is 13.4. The number of amides is 3. The molecule has 0 saturated heterocycles. The summed E-state index contributed by atoms with van der Waals surface area (Å²) in [5.74, 6) is -0.169. The van der Waals surface area contributed by atoms with Crippen molar-refractivity contribution >= 4 is 46.2 Å². The molecular formula is C20H19ClN4O4S. The average Bonchev–Trinajstić information content (AvgIpc) is 2.72. The molecule has 0 bridgehead atoms. The zero-order chi connectivity index (χ0) is 21.8. The van der Waals surface area contributed by atoms with Gasteiger partial charge in [-0.25, -0.2) is 9.78 Å². The van der Waals surface area contributed by atoms with Gasteiger partial charge in [0.05, 0.1) is 29.5 Å². The van der Waals surface area contributed by atoms with Crippen LogP contribution in [0.1, 0.15) is 5.56 Å². The van der Waals surface area contributed by atoms with Gasteiger partial charge in [-0.2, -0.15) is 0 Å². The number of carbonyl (C=O) groups is 2. The van der Waals surface area contributed by atoms with Crippen LogP contribution < -0.4 is 20.9 Å². The monoisotopic (exact) mass is 446 g/mol. The molecule has 3 amide bonds. The van der Waals surface area contributed by atoms with Crippen molar-refractivity contribution in [2.75, 3.05) is 19.9 Å². The molecule has 0 aliphatic heterocycles. The minimum absolute atomic E-state index is 0.125. The molecule has 0 radical (unpaired) electrons. The number of urea groups is 1. The fraction of sp³-hybridized carbons (Fsp3) is 0.200. The molecule has 3 rings (SSSR count). The molecule has 3 aromatic rings. The minimum atomic E-state index is -0.614. The summed E-state index contributed by atoms with van der Waals surface area (Å²) in [5.41, 5.74) is 1.50. The minimum Gasteiger partial charge on any atom is -0.495 e. The first-order chi connectivity index (χ1) is 14.3. The lowest BCUT2D eigenvalue weighted by Gasteiger charge is -2.16. The molecule has 30 heavy (non-hydrogen) atoms. The predicted molar refractivity (Wildman–Crippen MR) is 117 cm³/mol. The van der Waals surface area contributed by atoms with Crippen molar-refractivity contribution in [1.29, 1.82) is 0 Å². The maximum absolute atomic E-state index is 13.4. The Morgan fingerprint density at radius 3 is 2.70 bits per heavy atom. The number of aromatic nitrogens is 2. The summed E-state index contributed by atoms with van der Waals surface area (Å²) in [5, 5.41) is 5.58. The van der Waals surface area contributed by atoms with Crippen LogP contribution in [0.2, 0.25) is 5.02 Å². The number of hydrogen-bond acceptors (Lipinski definition) is 6. The molecule has 0 saturated carbocycles. The second-order valence-corrected chi connectivity index (χ2v) is 7.67. The van der Waals surface area contributed by atoms with E-state index in [1.807, 2.05) is 13.0 Å². The number of benzene rings is 2. The van der Waals surface area contributed by atoms with Gasteiger partial charge in [0.1, 0.15) is 5.75 Å². The number of halogens is 1. The highest BCUT2D eigenvalue weighted by atomic mass is 35.5. The van der Waals surface area contributed by atoms with E-state index < -0.39 is 11.9 Å².